The van der Waals surface area contributed by atoms with Crippen LogP contribution in [0.3, 0.4) is 0 Å². The summed E-state index contributed by atoms with van der Waals surface area (Å²) in [5, 5.41) is 3.50. The number of nitrogens with one attached hydrogen (secondary N) is 1. The van der Waals surface area contributed by atoms with Gasteiger partial charge in [-0.25, -0.2) is 0 Å². The van der Waals surface area contributed by atoms with E-state index in [4.69, 9.17) is 4.74 Å². The number of hydrogen-bond donors (Lipinski definition) is 1. The van der Waals surface area contributed by atoms with Crippen molar-refractivity contribution in [1.29, 1.82) is 0 Å². The first-order valence-corrected chi connectivity index (χ1v) is 6.47. The van der Waals surface area contributed by atoms with Crippen molar-refractivity contribution < 1.29 is 4.74 Å². The molecule has 0 bridgehead atoms. The van der Waals surface area contributed by atoms with Crippen LogP contribution in [-0.2, 0) is 6.54 Å². The first-order chi connectivity index (χ1) is 8.40. The molecule has 0 saturated heterocycles. The smallest absolute Gasteiger partial charge is 0.118 e. The second-order valence-electron chi connectivity index (χ2n) is 5.76. The summed E-state index contributed by atoms with van der Waals surface area (Å²) < 4.78 is 5.15. The van der Waals surface area contributed by atoms with E-state index in [1.165, 1.54) is 5.56 Å². The van der Waals surface area contributed by atoms with Crippen molar-refractivity contribution in [1.82, 2.24) is 10.2 Å². The largest absolute Gasteiger partial charge is 0.497 e. The maximum absolute atomic E-state index is 5.15. The molecule has 0 unspecified atom stereocenters. The lowest BCUT2D eigenvalue weighted by atomic mass is 10.1. The van der Waals surface area contributed by atoms with E-state index < -0.39 is 0 Å². The van der Waals surface area contributed by atoms with Crippen LogP contribution >= 0.6 is 0 Å². The van der Waals surface area contributed by atoms with Gasteiger partial charge in [0.2, 0.25) is 0 Å². The molecule has 0 saturated carbocycles. The van der Waals surface area contributed by atoms with Crippen LogP contribution in [0.25, 0.3) is 0 Å². The van der Waals surface area contributed by atoms with Gasteiger partial charge in [-0.1, -0.05) is 12.1 Å². The fourth-order valence-corrected chi connectivity index (χ4v) is 1.74. The van der Waals surface area contributed by atoms with Crippen LogP contribution < -0.4 is 10.1 Å². The summed E-state index contributed by atoms with van der Waals surface area (Å²) in [5.74, 6) is 0.913. The molecule has 1 N–H and O–H groups in total. The average molecular weight is 250 g/mol. The molecular formula is C15H26N2O. The van der Waals surface area contributed by atoms with Gasteiger partial charge in [0.05, 0.1) is 7.11 Å². The zero-order chi connectivity index (χ0) is 13.6. The molecule has 0 amide bonds. The van der Waals surface area contributed by atoms with Crippen molar-refractivity contribution in [3.63, 3.8) is 0 Å². The molecule has 102 valence electrons. The lowest BCUT2D eigenvalue weighted by Crippen LogP contribution is -2.40. The Morgan fingerprint density at radius 1 is 1.17 bits per heavy atom. The quantitative estimate of drug-likeness (QED) is 0.839. The second kappa shape index (κ2) is 6.76. The highest BCUT2D eigenvalue weighted by molar-refractivity contribution is 5.26. The highest BCUT2D eigenvalue weighted by atomic mass is 16.5. The molecule has 3 heteroatoms. The summed E-state index contributed by atoms with van der Waals surface area (Å²) in [4.78, 5) is 2.32. The minimum atomic E-state index is 0.195. The first-order valence-electron chi connectivity index (χ1n) is 6.47. The molecule has 0 aliphatic rings. The third-order valence-electron chi connectivity index (χ3n) is 2.76. The van der Waals surface area contributed by atoms with Gasteiger partial charge in [0.15, 0.2) is 0 Å². The van der Waals surface area contributed by atoms with E-state index >= 15 is 0 Å². The van der Waals surface area contributed by atoms with Crippen LogP contribution in [0.2, 0.25) is 0 Å². The predicted octanol–water partition coefficient (Wildman–Crippen LogP) is 2.52. The number of rotatable bonds is 6. The normalized spacial score (nSPS) is 11.9. The maximum Gasteiger partial charge on any atom is 0.118 e. The standard InChI is InChI=1S/C15H26N2O/c1-15(2,3)16-10-11-17(4)12-13-6-8-14(18-5)9-7-13/h6-9,16H,10-12H2,1-5H3. The fraction of sp³-hybridized carbons (Fsp3) is 0.600. The van der Waals surface area contributed by atoms with Gasteiger partial charge in [0, 0.05) is 25.2 Å². The Morgan fingerprint density at radius 3 is 2.28 bits per heavy atom. The molecular weight excluding hydrogens is 224 g/mol. The fourth-order valence-electron chi connectivity index (χ4n) is 1.74. The van der Waals surface area contributed by atoms with Gasteiger partial charge in [-0.15, -0.1) is 0 Å². The van der Waals surface area contributed by atoms with E-state index in [1.807, 2.05) is 12.1 Å². The summed E-state index contributed by atoms with van der Waals surface area (Å²) in [7, 11) is 3.84. The molecule has 0 atom stereocenters. The number of ether oxygens (including phenoxy) is 1. The van der Waals surface area contributed by atoms with Crippen molar-refractivity contribution in [2.45, 2.75) is 32.9 Å². The van der Waals surface area contributed by atoms with E-state index in [-0.39, 0.29) is 5.54 Å². The van der Waals surface area contributed by atoms with Crippen molar-refractivity contribution in [2.75, 3.05) is 27.2 Å². The summed E-state index contributed by atoms with van der Waals surface area (Å²) in [5.41, 5.74) is 1.51. The van der Waals surface area contributed by atoms with Gasteiger partial charge in [0.1, 0.15) is 5.75 Å². The number of hydrogen-bond acceptors (Lipinski definition) is 3. The molecule has 0 aliphatic carbocycles. The van der Waals surface area contributed by atoms with Gasteiger partial charge >= 0.3 is 0 Å². The minimum absolute atomic E-state index is 0.195. The number of nitrogens with zero attached hydrogens (tertiary/aromatic N) is 1. The summed E-state index contributed by atoms with van der Waals surface area (Å²) in [6.45, 7) is 9.60. The Bertz CT molecular complexity index is 341. The SMILES string of the molecule is COc1ccc(CN(C)CCNC(C)(C)C)cc1. The van der Waals surface area contributed by atoms with Crippen molar-refractivity contribution >= 4 is 0 Å². The molecule has 1 aromatic carbocycles. The number of methoxy groups -OCH3 is 1. The molecule has 1 aromatic rings. The maximum atomic E-state index is 5.15. The van der Waals surface area contributed by atoms with E-state index in [0.29, 0.717) is 0 Å². The Hall–Kier alpha value is -1.06. The van der Waals surface area contributed by atoms with E-state index in [2.05, 4.69) is 50.2 Å². The Kier molecular flexibility index (Phi) is 5.63. The van der Waals surface area contributed by atoms with Gasteiger partial charge in [-0.05, 0) is 45.5 Å². The minimum Gasteiger partial charge on any atom is -0.497 e. The number of likely N-dealkylation sites (N-methyl/N-ethyl adjacent to an activating group) is 1. The summed E-state index contributed by atoms with van der Waals surface area (Å²) >= 11 is 0. The lowest BCUT2D eigenvalue weighted by Gasteiger charge is -2.23. The van der Waals surface area contributed by atoms with Crippen molar-refractivity contribution in [2.24, 2.45) is 0 Å². The molecule has 0 heterocycles. The Balaban J connectivity index is 2.32. The van der Waals surface area contributed by atoms with Crippen LogP contribution in [0.5, 0.6) is 5.75 Å². The van der Waals surface area contributed by atoms with Crippen molar-refractivity contribution in [3.05, 3.63) is 29.8 Å². The van der Waals surface area contributed by atoms with Gasteiger partial charge in [0.25, 0.3) is 0 Å². The molecule has 0 spiro atoms. The van der Waals surface area contributed by atoms with E-state index in [0.717, 1.165) is 25.4 Å². The summed E-state index contributed by atoms with van der Waals surface area (Å²) in [6, 6.07) is 8.26. The van der Waals surface area contributed by atoms with Crippen molar-refractivity contribution in [3.8, 4) is 5.75 Å². The zero-order valence-corrected chi connectivity index (χ0v) is 12.3. The highest BCUT2D eigenvalue weighted by Crippen LogP contribution is 2.12. The average Bonchev–Trinajstić information content (AvgIpc) is 2.28. The lowest BCUT2D eigenvalue weighted by molar-refractivity contribution is 0.303. The highest BCUT2D eigenvalue weighted by Gasteiger charge is 2.08. The third-order valence-corrected chi connectivity index (χ3v) is 2.76. The number of benzene rings is 1. The molecule has 1 rings (SSSR count). The van der Waals surface area contributed by atoms with E-state index in [1.54, 1.807) is 7.11 Å². The monoisotopic (exact) mass is 250 g/mol. The summed E-state index contributed by atoms with van der Waals surface area (Å²) in [6.07, 6.45) is 0. The third kappa shape index (κ3) is 6.03. The van der Waals surface area contributed by atoms with E-state index in [9.17, 15) is 0 Å². The first kappa shape index (κ1) is 15.0. The molecule has 0 fully saturated rings. The Labute approximate surface area is 111 Å². The van der Waals surface area contributed by atoms with Gasteiger partial charge in [-0.3, -0.25) is 0 Å². The van der Waals surface area contributed by atoms with Gasteiger partial charge < -0.3 is 15.0 Å². The van der Waals surface area contributed by atoms with Crippen LogP contribution in [0.15, 0.2) is 24.3 Å². The van der Waals surface area contributed by atoms with Gasteiger partial charge in [-0.2, -0.15) is 0 Å². The predicted molar refractivity (Wildman–Crippen MR) is 77.1 cm³/mol. The second-order valence-corrected chi connectivity index (χ2v) is 5.76. The topological polar surface area (TPSA) is 24.5 Å². The van der Waals surface area contributed by atoms with Crippen LogP contribution in [-0.4, -0.2) is 37.7 Å². The zero-order valence-electron chi connectivity index (χ0n) is 12.3. The molecule has 3 nitrogen and oxygen atoms in total. The van der Waals surface area contributed by atoms with Crippen LogP contribution in [0, 0.1) is 0 Å². The molecule has 0 aliphatic heterocycles. The molecule has 0 radical (unpaired) electrons. The Morgan fingerprint density at radius 2 is 1.78 bits per heavy atom. The van der Waals surface area contributed by atoms with Crippen LogP contribution in [0.1, 0.15) is 26.3 Å². The molecule has 18 heavy (non-hydrogen) atoms. The molecule has 0 aromatic heterocycles. The van der Waals surface area contributed by atoms with Crippen LogP contribution in [0.4, 0.5) is 0 Å².